The van der Waals surface area contributed by atoms with Gasteiger partial charge in [0.25, 0.3) is 0 Å². The first-order valence-electron chi connectivity index (χ1n) is 7.13. The molecule has 1 aliphatic heterocycles. The molecule has 1 saturated heterocycles. The third-order valence-electron chi connectivity index (χ3n) is 4.14. The van der Waals surface area contributed by atoms with E-state index < -0.39 is 0 Å². The van der Waals surface area contributed by atoms with Gasteiger partial charge < -0.3 is 10.2 Å². The van der Waals surface area contributed by atoms with Crippen molar-refractivity contribution in [3.63, 3.8) is 0 Å². The van der Waals surface area contributed by atoms with Crippen molar-refractivity contribution < 1.29 is 4.79 Å². The third-order valence-corrected chi connectivity index (χ3v) is 4.14. The minimum absolute atomic E-state index is 0.258. The van der Waals surface area contributed by atoms with Gasteiger partial charge in [0, 0.05) is 13.1 Å². The molecule has 0 aromatic carbocycles. The van der Waals surface area contributed by atoms with Crippen LogP contribution in [0.25, 0.3) is 0 Å². The van der Waals surface area contributed by atoms with Gasteiger partial charge in [-0.05, 0) is 38.6 Å². The molecular weight excluding hydrogens is 212 g/mol. The molecule has 0 aliphatic carbocycles. The Balaban J connectivity index is 2.77. The molecule has 0 radical (unpaired) electrons. The highest BCUT2D eigenvalue weighted by Crippen LogP contribution is 2.28. The molecule has 0 bridgehead atoms. The summed E-state index contributed by atoms with van der Waals surface area (Å²) in [6.07, 6.45) is 6.25. The van der Waals surface area contributed by atoms with Gasteiger partial charge in [-0.25, -0.2) is 0 Å². The van der Waals surface area contributed by atoms with Crippen LogP contribution in [0.4, 0.5) is 0 Å². The van der Waals surface area contributed by atoms with Gasteiger partial charge in [0.05, 0.1) is 5.54 Å². The smallest absolute Gasteiger partial charge is 0.242 e. The van der Waals surface area contributed by atoms with Crippen molar-refractivity contribution in [1.82, 2.24) is 10.2 Å². The fourth-order valence-corrected chi connectivity index (χ4v) is 3.08. The van der Waals surface area contributed by atoms with Gasteiger partial charge in [0.1, 0.15) is 0 Å². The maximum absolute atomic E-state index is 12.7. The Hall–Kier alpha value is -0.570. The van der Waals surface area contributed by atoms with Crippen LogP contribution in [0.1, 0.15) is 59.3 Å². The molecule has 1 atom stereocenters. The van der Waals surface area contributed by atoms with E-state index in [1.807, 2.05) is 11.9 Å². The summed E-state index contributed by atoms with van der Waals surface area (Å²) >= 11 is 0. The maximum atomic E-state index is 12.7. The number of nitrogens with zero attached hydrogens (tertiary/aromatic N) is 1. The Labute approximate surface area is 106 Å². The van der Waals surface area contributed by atoms with Gasteiger partial charge in [-0.2, -0.15) is 0 Å². The Morgan fingerprint density at radius 2 is 2.00 bits per heavy atom. The molecule has 0 aromatic heterocycles. The number of amides is 1. The van der Waals surface area contributed by atoms with E-state index in [0.717, 1.165) is 45.1 Å². The van der Waals surface area contributed by atoms with E-state index >= 15 is 0 Å². The van der Waals surface area contributed by atoms with Gasteiger partial charge in [-0.15, -0.1) is 0 Å². The van der Waals surface area contributed by atoms with Crippen molar-refractivity contribution in [2.75, 3.05) is 13.6 Å². The molecular formula is C14H28N2O. The fraction of sp³-hybridized carbons (Fsp3) is 0.929. The average molecular weight is 240 g/mol. The third kappa shape index (κ3) is 3.01. The fourth-order valence-electron chi connectivity index (χ4n) is 3.08. The SMILES string of the molecule is CCCC1(C(=O)N(C)C(CC)CC)CCCN1. The number of carbonyl (C=O) groups is 1. The largest absolute Gasteiger partial charge is 0.341 e. The highest BCUT2D eigenvalue weighted by atomic mass is 16.2. The minimum Gasteiger partial charge on any atom is -0.341 e. The van der Waals surface area contributed by atoms with E-state index in [-0.39, 0.29) is 5.54 Å². The van der Waals surface area contributed by atoms with Crippen molar-refractivity contribution in [3.8, 4) is 0 Å². The Kier molecular flexibility index (Phi) is 5.44. The monoisotopic (exact) mass is 240 g/mol. The van der Waals surface area contributed by atoms with Gasteiger partial charge in [-0.1, -0.05) is 27.2 Å². The topological polar surface area (TPSA) is 32.3 Å². The van der Waals surface area contributed by atoms with Crippen LogP contribution >= 0.6 is 0 Å². The molecule has 1 aliphatic rings. The normalized spacial score (nSPS) is 24.3. The zero-order valence-electron chi connectivity index (χ0n) is 11.9. The highest BCUT2D eigenvalue weighted by molar-refractivity contribution is 5.86. The highest BCUT2D eigenvalue weighted by Gasteiger charge is 2.42. The lowest BCUT2D eigenvalue weighted by molar-refractivity contribution is -0.139. The standard InChI is InChI=1S/C14H28N2O/c1-5-9-14(10-8-11-15-14)13(17)16(4)12(6-2)7-3/h12,15H,5-11H2,1-4H3. The zero-order chi connectivity index (χ0) is 12.9. The second-order valence-electron chi connectivity index (χ2n) is 5.25. The number of hydrogen-bond donors (Lipinski definition) is 1. The summed E-state index contributed by atoms with van der Waals surface area (Å²) in [7, 11) is 1.97. The molecule has 0 saturated carbocycles. The molecule has 1 fully saturated rings. The minimum atomic E-state index is -0.258. The second kappa shape index (κ2) is 6.39. The van der Waals surface area contributed by atoms with Crippen LogP contribution < -0.4 is 5.32 Å². The van der Waals surface area contributed by atoms with E-state index in [4.69, 9.17) is 0 Å². The summed E-state index contributed by atoms with van der Waals surface area (Å²) in [5.74, 6) is 0.311. The quantitative estimate of drug-likeness (QED) is 0.774. The molecule has 100 valence electrons. The lowest BCUT2D eigenvalue weighted by atomic mass is 9.89. The molecule has 3 heteroatoms. The molecule has 1 N–H and O–H groups in total. The van der Waals surface area contributed by atoms with Crippen LogP contribution in [0.15, 0.2) is 0 Å². The predicted molar refractivity (Wildman–Crippen MR) is 72.0 cm³/mol. The van der Waals surface area contributed by atoms with Crippen molar-refractivity contribution >= 4 is 5.91 Å². The van der Waals surface area contributed by atoms with Gasteiger partial charge in [0.15, 0.2) is 0 Å². The molecule has 0 aromatic rings. The summed E-state index contributed by atoms with van der Waals surface area (Å²) in [6.45, 7) is 7.47. The molecule has 0 spiro atoms. The van der Waals surface area contributed by atoms with Crippen LogP contribution in [0.2, 0.25) is 0 Å². The van der Waals surface area contributed by atoms with E-state index in [2.05, 4.69) is 26.1 Å². The van der Waals surface area contributed by atoms with Crippen LogP contribution in [-0.2, 0) is 4.79 Å². The summed E-state index contributed by atoms with van der Waals surface area (Å²) in [5, 5.41) is 3.46. The summed E-state index contributed by atoms with van der Waals surface area (Å²) in [4.78, 5) is 14.7. The summed E-state index contributed by atoms with van der Waals surface area (Å²) in [5.41, 5.74) is -0.258. The van der Waals surface area contributed by atoms with E-state index in [1.165, 1.54) is 0 Å². The molecule has 1 heterocycles. The Morgan fingerprint density at radius 1 is 1.35 bits per heavy atom. The number of carbonyl (C=O) groups excluding carboxylic acids is 1. The average Bonchev–Trinajstić information content (AvgIpc) is 2.80. The van der Waals surface area contributed by atoms with E-state index in [1.54, 1.807) is 0 Å². The zero-order valence-corrected chi connectivity index (χ0v) is 11.9. The predicted octanol–water partition coefficient (Wildman–Crippen LogP) is 2.56. The van der Waals surface area contributed by atoms with Crippen LogP contribution in [0.5, 0.6) is 0 Å². The van der Waals surface area contributed by atoms with E-state index in [0.29, 0.717) is 11.9 Å². The number of hydrogen-bond acceptors (Lipinski definition) is 2. The van der Waals surface area contributed by atoms with Crippen molar-refractivity contribution in [1.29, 1.82) is 0 Å². The maximum Gasteiger partial charge on any atom is 0.242 e. The van der Waals surface area contributed by atoms with Gasteiger partial charge >= 0.3 is 0 Å². The Bertz CT molecular complexity index is 243. The number of nitrogens with one attached hydrogen (secondary N) is 1. The molecule has 1 unspecified atom stereocenters. The van der Waals surface area contributed by atoms with Gasteiger partial charge in [0.2, 0.25) is 5.91 Å². The molecule has 17 heavy (non-hydrogen) atoms. The van der Waals surface area contributed by atoms with Crippen LogP contribution in [0, 0.1) is 0 Å². The lowest BCUT2D eigenvalue weighted by Gasteiger charge is -2.36. The van der Waals surface area contributed by atoms with Gasteiger partial charge in [-0.3, -0.25) is 4.79 Å². The molecule has 1 amide bonds. The van der Waals surface area contributed by atoms with Crippen LogP contribution in [0.3, 0.4) is 0 Å². The molecule has 1 rings (SSSR count). The summed E-state index contributed by atoms with van der Waals surface area (Å²) in [6, 6.07) is 0.388. The molecule has 3 nitrogen and oxygen atoms in total. The Morgan fingerprint density at radius 3 is 2.41 bits per heavy atom. The number of likely N-dealkylation sites (N-methyl/N-ethyl adjacent to an activating group) is 1. The first kappa shape index (κ1) is 14.5. The lowest BCUT2D eigenvalue weighted by Crippen LogP contribution is -2.56. The van der Waals surface area contributed by atoms with E-state index in [9.17, 15) is 4.79 Å². The first-order chi connectivity index (χ1) is 8.11. The van der Waals surface area contributed by atoms with Crippen molar-refractivity contribution in [2.24, 2.45) is 0 Å². The number of rotatable bonds is 6. The summed E-state index contributed by atoms with van der Waals surface area (Å²) < 4.78 is 0. The second-order valence-corrected chi connectivity index (χ2v) is 5.25. The van der Waals surface area contributed by atoms with Crippen molar-refractivity contribution in [2.45, 2.75) is 70.9 Å². The van der Waals surface area contributed by atoms with Crippen LogP contribution in [-0.4, -0.2) is 36.0 Å². The first-order valence-corrected chi connectivity index (χ1v) is 7.13. The van der Waals surface area contributed by atoms with Crippen molar-refractivity contribution in [3.05, 3.63) is 0 Å².